The molecule has 1 saturated heterocycles. The molecule has 0 aliphatic carbocycles. The highest BCUT2D eigenvalue weighted by Crippen LogP contribution is 2.25. The third kappa shape index (κ3) is 3.26. The highest BCUT2D eigenvalue weighted by molar-refractivity contribution is 5.77. The number of amides is 1. The maximum absolute atomic E-state index is 11.3. The van der Waals surface area contributed by atoms with Gasteiger partial charge < -0.3 is 16.0 Å². The summed E-state index contributed by atoms with van der Waals surface area (Å²) in [6.07, 6.45) is 1.95. The van der Waals surface area contributed by atoms with Crippen LogP contribution in [0.5, 0.6) is 0 Å². The van der Waals surface area contributed by atoms with E-state index < -0.39 is 0 Å². The first-order valence-electron chi connectivity index (χ1n) is 6.90. The van der Waals surface area contributed by atoms with Gasteiger partial charge in [0.1, 0.15) is 0 Å². The second kappa shape index (κ2) is 6.06. The molecule has 4 nitrogen and oxygen atoms in total. The molecule has 1 aromatic carbocycles. The Morgan fingerprint density at radius 1 is 1.53 bits per heavy atom. The fraction of sp³-hybridized carbons (Fsp3) is 0.533. The molecule has 1 amide bonds. The van der Waals surface area contributed by atoms with Crippen LogP contribution in [-0.4, -0.2) is 26.0 Å². The fourth-order valence-corrected chi connectivity index (χ4v) is 2.71. The summed E-state index contributed by atoms with van der Waals surface area (Å²) < 4.78 is 0. The molecule has 1 unspecified atom stereocenters. The van der Waals surface area contributed by atoms with Gasteiger partial charge in [0.05, 0.1) is 5.92 Å². The zero-order valence-corrected chi connectivity index (χ0v) is 11.8. The van der Waals surface area contributed by atoms with E-state index in [-0.39, 0.29) is 11.8 Å². The number of hydrogen-bond acceptors (Lipinski definition) is 3. The number of rotatable bonds is 4. The summed E-state index contributed by atoms with van der Waals surface area (Å²) in [5, 5.41) is 3.17. The Balaban J connectivity index is 2.13. The van der Waals surface area contributed by atoms with Gasteiger partial charge in [-0.05, 0) is 50.1 Å². The zero-order valence-electron chi connectivity index (χ0n) is 11.8. The third-order valence-corrected chi connectivity index (χ3v) is 3.88. The molecule has 104 valence electrons. The van der Waals surface area contributed by atoms with Crippen molar-refractivity contribution < 1.29 is 4.79 Å². The fourth-order valence-electron chi connectivity index (χ4n) is 2.71. The number of nitrogens with one attached hydrogen (secondary N) is 1. The molecular weight excluding hydrogens is 238 g/mol. The summed E-state index contributed by atoms with van der Waals surface area (Å²) in [7, 11) is 1.95. The molecule has 1 heterocycles. The van der Waals surface area contributed by atoms with Gasteiger partial charge in [-0.2, -0.15) is 0 Å². The van der Waals surface area contributed by atoms with Crippen molar-refractivity contribution in [3.8, 4) is 0 Å². The average Bonchev–Trinajstić information content (AvgIpc) is 2.41. The number of nitrogens with two attached hydrogens (primary N) is 1. The number of piperidine rings is 1. The maximum atomic E-state index is 11.3. The van der Waals surface area contributed by atoms with Gasteiger partial charge in [-0.3, -0.25) is 4.79 Å². The van der Waals surface area contributed by atoms with Crippen molar-refractivity contribution in [3.63, 3.8) is 0 Å². The number of anilines is 1. The van der Waals surface area contributed by atoms with Crippen molar-refractivity contribution >= 4 is 11.6 Å². The summed E-state index contributed by atoms with van der Waals surface area (Å²) in [4.78, 5) is 13.6. The molecule has 1 aromatic rings. The van der Waals surface area contributed by atoms with Crippen LogP contribution in [0, 0.1) is 12.8 Å². The van der Waals surface area contributed by atoms with Gasteiger partial charge in [-0.15, -0.1) is 0 Å². The standard InChI is InChI=1S/C15H23N3O/c1-11-8-14(6-5-12(11)9-17-2)18-7-3-4-13(10-18)15(16)19/h5-6,8,13,17H,3-4,7,9-10H2,1-2H3,(H2,16,19). The average molecular weight is 261 g/mol. The van der Waals surface area contributed by atoms with Crippen LogP contribution in [0.3, 0.4) is 0 Å². The van der Waals surface area contributed by atoms with Crippen molar-refractivity contribution in [2.75, 3.05) is 25.0 Å². The molecule has 1 atom stereocenters. The molecule has 1 aliphatic rings. The van der Waals surface area contributed by atoms with Crippen LogP contribution in [0.4, 0.5) is 5.69 Å². The molecule has 2 rings (SSSR count). The van der Waals surface area contributed by atoms with Crippen LogP contribution in [0.1, 0.15) is 24.0 Å². The van der Waals surface area contributed by atoms with Crippen molar-refractivity contribution in [2.24, 2.45) is 11.7 Å². The van der Waals surface area contributed by atoms with E-state index >= 15 is 0 Å². The Hall–Kier alpha value is -1.55. The number of hydrogen-bond donors (Lipinski definition) is 2. The van der Waals surface area contributed by atoms with Gasteiger partial charge in [0.15, 0.2) is 0 Å². The highest BCUT2D eigenvalue weighted by Gasteiger charge is 2.24. The first-order chi connectivity index (χ1) is 9.11. The molecule has 0 saturated carbocycles. The minimum absolute atomic E-state index is 0.00830. The van der Waals surface area contributed by atoms with E-state index in [0.29, 0.717) is 0 Å². The smallest absolute Gasteiger partial charge is 0.222 e. The Morgan fingerprint density at radius 3 is 2.95 bits per heavy atom. The van der Waals surface area contributed by atoms with Crippen molar-refractivity contribution in [3.05, 3.63) is 29.3 Å². The van der Waals surface area contributed by atoms with E-state index in [1.807, 2.05) is 7.05 Å². The molecule has 1 fully saturated rings. The maximum Gasteiger partial charge on any atom is 0.222 e. The number of carbonyl (C=O) groups excluding carboxylic acids is 1. The molecule has 0 radical (unpaired) electrons. The minimum Gasteiger partial charge on any atom is -0.371 e. The monoisotopic (exact) mass is 261 g/mol. The summed E-state index contributed by atoms with van der Waals surface area (Å²) in [6.45, 7) is 4.77. The predicted octanol–water partition coefficient (Wildman–Crippen LogP) is 1.42. The van der Waals surface area contributed by atoms with E-state index in [2.05, 4.69) is 35.3 Å². The summed E-state index contributed by atoms with van der Waals surface area (Å²) in [6, 6.07) is 6.51. The lowest BCUT2D eigenvalue weighted by molar-refractivity contribution is -0.122. The zero-order chi connectivity index (χ0) is 13.8. The van der Waals surface area contributed by atoms with Gasteiger partial charge in [0.25, 0.3) is 0 Å². The second-order valence-electron chi connectivity index (χ2n) is 5.33. The predicted molar refractivity (Wildman–Crippen MR) is 78.1 cm³/mol. The molecule has 3 N–H and O–H groups in total. The topological polar surface area (TPSA) is 58.4 Å². The van der Waals surface area contributed by atoms with Crippen LogP contribution < -0.4 is 16.0 Å². The van der Waals surface area contributed by atoms with Crippen molar-refractivity contribution in [1.82, 2.24) is 5.32 Å². The Bertz CT molecular complexity index is 459. The van der Waals surface area contributed by atoms with E-state index in [0.717, 1.165) is 32.5 Å². The van der Waals surface area contributed by atoms with Crippen molar-refractivity contribution in [2.45, 2.75) is 26.3 Å². The van der Waals surface area contributed by atoms with Crippen LogP contribution in [0.15, 0.2) is 18.2 Å². The SMILES string of the molecule is CNCc1ccc(N2CCCC(C(N)=O)C2)cc1C. The Kier molecular flexibility index (Phi) is 4.43. The van der Waals surface area contributed by atoms with E-state index in [1.165, 1.54) is 16.8 Å². The molecule has 0 aromatic heterocycles. The van der Waals surface area contributed by atoms with Crippen LogP contribution in [0.2, 0.25) is 0 Å². The normalized spacial score (nSPS) is 19.5. The van der Waals surface area contributed by atoms with Crippen LogP contribution in [0.25, 0.3) is 0 Å². The Labute approximate surface area is 115 Å². The lowest BCUT2D eigenvalue weighted by atomic mass is 9.96. The number of aryl methyl sites for hydroxylation is 1. The summed E-state index contributed by atoms with van der Waals surface area (Å²) in [5.74, 6) is -0.181. The number of primary amides is 1. The van der Waals surface area contributed by atoms with Crippen LogP contribution in [-0.2, 0) is 11.3 Å². The lowest BCUT2D eigenvalue weighted by Crippen LogP contribution is -2.41. The van der Waals surface area contributed by atoms with Crippen LogP contribution >= 0.6 is 0 Å². The molecule has 4 heteroatoms. The molecule has 0 bridgehead atoms. The van der Waals surface area contributed by atoms with Gasteiger partial charge in [-0.1, -0.05) is 6.07 Å². The van der Waals surface area contributed by atoms with E-state index in [1.54, 1.807) is 0 Å². The third-order valence-electron chi connectivity index (χ3n) is 3.88. The first kappa shape index (κ1) is 13.9. The van der Waals surface area contributed by atoms with E-state index in [9.17, 15) is 4.79 Å². The highest BCUT2D eigenvalue weighted by atomic mass is 16.1. The molecule has 19 heavy (non-hydrogen) atoms. The molecule has 0 spiro atoms. The van der Waals surface area contributed by atoms with E-state index in [4.69, 9.17) is 5.73 Å². The van der Waals surface area contributed by atoms with Crippen molar-refractivity contribution in [1.29, 1.82) is 0 Å². The number of nitrogens with zero attached hydrogens (tertiary/aromatic N) is 1. The first-order valence-corrected chi connectivity index (χ1v) is 6.90. The number of benzene rings is 1. The second-order valence-corrected chi connectivity index (χ2v) is 5.33. The molecule has 1 aliphatic heterocycles. The quantitative estimate of drug-likeness (QED) is 0.861. The lowest BCUT2D eigenvalue weighted by Gasteiger charge is -2.33. The minimum atomic E-state index is -0.173. The number of carbonyl (C=O) groups is 1. The van der Waals surface area contributed by atoms with Gasteiger partial charge in [0, 0.05) is 25.3 Å². The van der Waals surface area contributed by atoms with Gasteiger partial charge in [0.2, 0.25) is 5.91 Å². The largest absolute Gasteiger partial charge is 0.371 e. The summed E-state index contributed by atoms with van der Waals surface area (Å²) in [5.41, 5.74) is 9.22. The van der Waals surface area contributed by atoms with Gasteiger partial charge >= 0.3 is 0 Å². The Morgan fingerprint density at radius 2 is 2.32 bits per heavy atom. The van der Waals surface area contributed by atoms with Gasteiger partial charge in [-0.25, -0.2) is 0 Å². The summed E-state index contributed by atoms with van der Waals surface area (Å²) >= 11 is 0. The molecular formula is C15H23N3O.